The highest BCUT2D eigenvalue weighted by molar-refractivity contribution is 6.10. The number of ether oxygens (including phenoxy) is 2. The number of fused-ring (bicyclic) bond motifs is 1. The van der Waals surface area contributed by atoms with E-state index < -0.39 is 5.97 Å². The average molecular weight is 366 g/mol. The van der Waals surface area contributed by atoms with Gasteiger partial charge in [-0.25, -0.2) is 4.79 Å². The lowest BCUT2D eigenvalue weighted by Crippen LogP contribution is -2.15. The molecule has 2 aromatic carbocycles. The third kappa shape index (κ3) is 3.85. The predicted octanol–water partition coefficient (Wildman–Crippen LogP) is 3.84. The number of carbonyl (C=O) groups excluding carboxylic acids is 2. The van der Waals surface area contributed by atoms with E-state index in [1.54, 1.807) is 13.8 Å². The van der Waals surface area contributed by atoms with Crippen molar-refractivity contribution in [2.24, 2.45) is 0 Å². The molecule has 0 aliphatic carbocycles. The minimum absolute atomic E-state index is 0.164. The van der Waals surface area contributed by atoms with Gasteiger partial charge in [-0.1, -0.05) is 36.4 Å². The van der Waals surface area contributed by atoms with Gasteiger partial charge in [-0.05, 0) is 30.9 Å². The molecule has 1 aromatic heterocycles. The van der Waals surface area contributed by atoms with Crippen molar-refractivity contribution in [3.63, 3.8) is 0 Å². The van der Waals surface area contributed by atoms with Gasteiger partial charge in [0.15, 0.2) is 0 Å². The summed E-state index contributed by atoms with van der Waals surface area (Å²) < 4.78 is 10.1. The number of nitrogens with one attached hydrogen (secondary N) is 2. The van der Waals surface area contributed by atoms with Gasteiger partial charge in [-0.3, -0.25) is 4.79 Å². The Bertz CT molecular complexity index is 986. The highest BCUT2D eigenvalue weighted by atomic mass is 16.6. The van der Waals surface area contributed by atoms with Gasteiger partial charge in [0, 0.05) is 23.9 Å². The lowest BCUT2D eigenvalue weighted by molar-refractivity contribution is 0.0387. The first-order chi connectivity index (χ1) is 13.0. The standard InChI is InChI=1S/C21H22N2O4/c1-13-18(21(25)27-12-11-26-3)14(2)22-19(13)20(24)23-17-10-6-8-15-7-4-5-9-16(15)17/h4-10,22H,11-12H2,1-3H3,(H,23,24). The van der Waals surface area contributed by atoms with Gasteiger partial charge in [-0.15, -0.1) is 0 Å². The van der Waals surface area contributed by atoms with Crippen LogP contribution in [0.25, 0.3) is 10.8 Å². The Morgan fingerprint density at radius 3 is 2.56 bits per heavy atom. The fourth-order valence-electron chi connectivity index (χ4n) is 3.09. The number of anilines is 1. The Hall–Kier alpha value is -3.12. The second-order valence-corrected chi connectivity index (χ2v) is 6.23. The first-order valence-corrected chi connectivity index (χ1v) is 8.67. The van der Waals surface area contributed by atoms with E-state index in [0.717, 1.165) is 10.8 Å². The first-order valence-electron chi connectivity index (χ1n) is 8.67. The van der Waals surface area contributed by atoms with Crippen LogP contribution in [0.5, 0.6) is 0 Å². The summed E-state index contributed by atoms with van der Waals surface area (Å²) in [5.74, 6) is -0.773. The Balaban J connectivity index is 1.85. The van der Waals surface area contributed by atoms with E-state index in [0.29, 0.717) is 34.8 Å². The van der Waals surface area contributed by atoms with Crippen LogP contribution in [0.2, 0.25) is 0 Å². The first kappa shape index (κ1) is 18.7. The minimum Gasteiger partial charge on any atom is -0.460 e. The number of rotatable bonds is 6. The summed E-state index contributed by atoms with van der Waals surface area (Å²) in [5, 5.41) is 4.92. The molecule has 0 aliphatic rings. The molecule has 2 N–H and O–H groups in total. The summed E-state index contributed by atoms with van der Waals surface area (Å²) in [6, 6.07) is 13.6. The molecule has 0 atom stereocenters. The van der Waals surface area contributed by atoms with Gasteiger partial charge in [0.05, 0.1) is 12.2 Å². The number of methoxy groups -OCH3 is 1. The van der Waals surface area contributed by atoms with E-state index in [2.05, 4.69) is 10.3 Å². The molecule has 3 rings (SSSR count). The number of H-pyrrole nitrogens is 1. The van der Waals surface area contributed by atoms with Crippen molar-refractivity contribution in [1.82, 2.24) is 4.98 Å². The normalized spacial score (nSPS) is 10.8. The molecule has 0 saturated carbocycles. The van der Waals surface area contributed by atoms with Crippen LogP contribution in [0.15, 0.2) is 42.5 Å². The molecule has 0 radical (unpaired) electrons. The van der Waals surface area contributed by atoms with Crippen molar-refractivity contribution in [3.05, 3.63) is 65.0 Å². The second kappa shape index (κ2) is 8.05. The predicted molar refractivity (Wildman–Crippen MR) is 104 cm³/mol. The molecular weight excluding hydrogens is 344 g/mol. The van der Waals surface area contributed by atoms with Crippen molar-refractivity contribution in [2.75, 3.05) is 25.6 Å². The number of aromatic amines is 1. The lowest BCUT2D eigenvalue weighted by atomic mass is 10.1. The number of hydrogen-bond donors (Lipinski definition) is 2. The summed E-state index contributed by atoms with van der Waals surface area (Å²) in [6.07, 6.45) is 0. The van der Waals surface area contributed by atoms with Crippen LogP contribution < -0.4 is 5.32 Å². The van der Waals surface area contributed by atoms with E-state index in [-0.39, 0.29) is 12.5 Å². The number of hydrogen-bond acceptors (Lipinski definition) is 4. The highest BCUT2D eigenvalue weighted by Crippen LogP contribution is 2.25. The number of aromatic nitrogens is 1. The van der Waals surface area contributed by atoms with Gasteiger partial charge < -0.3 is 19.8 Å². The van der Waals surface area contributed by atoms with E-state index in [1.165, 1.54) is 7.11 Å². The fraction of sp³-hybridized carbons (Fsp3) is 0.238. The Morgan fingerprint density at radius 1 is 1.04 bits per heavy atom. The maximum absolute atomic E-state index is 12.8. The number of esters is 1. The monoisotopic (exact) mass is 366 g/mol. The van der Waals surface area contributed by atoms with Crippen molar-refractivity contribution in [1.29, 1.82) is 0 Å². The molecule has 3 aromatic rings. The Labute approximate surface area is 157 Å². The number of carbonyl (C=O) groups is 2. The summed E-state index contributed by atoms with van der Waals surface area (Å²) >= 11 is 0. The van der Waals surface area contributed by atoms with Crippen LogP contribution in [-0.4, -0.2) is 37.2 Å². The topological polar surface area (TPSA) is 80.4 Å². The van der Waals surface area contributed by atoms with Crippen LogP contribution in [0, 0.1) is 13.8 Å². The molecule has 0 saturated heterocycles. The Morgan fingerprint density at radius 2 is 1.78 bits per heavy atom. The smallest absolute Gasteiger partial charge is 0.340 e. The molecule has 6 heteroatoms. The fourth-order valence-corrected chi connectivity index (χ4v) is 3.09. The third-order valence-corrected chi connectivity index (χ3v) is 4.43. The molecule has 27 heavy (non-hydrogen) atoms. The van der Waals surface area contributed by atoms with E-state index in [4.69, 9.17) is 9.47 Å². The van der Waals surface area contributed by atoms with Gasteiger partial charge in [-0.2, -0.15) is 0 Å². The molecule has 0 fully saturated rings. The molecule has 1 heterocycles. The van der Waals surface area contributed by atoms with E-state index >= 15 is 0 Å². The summed E-state index contributed by atoms with van der Waals surface area (Å²) in [5.41, 5.74) is 2.60. The zero-order valence-corrected chi connectivity index (χ0v) is 15.6. The molecule has 6 nitrogen and oxygen atoms in total. The quantitative estimate of drug-likeness (QED) is 0.513. The molecule has 0 spiro atoms. The number of aryl methyl sites for hydroxylation is 1. The molecule has 0 bridgehead atoms. The van der Waals surface area contributed by atoms with Crippen molar-refractivity contribution < 1.29 is 19.1 Å². The minimum atomic E-state index is -0.470. The van der Waals surface area contributed by atoms with Crippen LogP contribution in [0.4, 0.5) is 5.69 Å². The van der Waals surface area contributed by atoms with E-state index in [1.807, 2.05) is 42.5 Å². The van der Waals surface area contributed by atoms with Crippen LogP contribution in [0.3, 0.4) is 0 Å². The van der Waals surface area contributed by atoms with Crippen LogP contribution in [-0.2, 0) is 9.47 Å². The zero-order chi connectivity index (χ0) is 19.4. The van der Waals surface area contributed by atoms with E-state index in [9.17, 15) is 9.59 Å². The zero-order valence-electron chi connectivity index (χ0n) is 15.6. The summed E-state index contributed by atoms with van der Waals surface area (Å²) in [4.78, 5) is 28.1. The van der Waals surface area contributed by atoms with Crippen molar-refractivity contribution >= 4 is 28.3 Å². The van der Waals surface area contributed by atoms with Gasteiger partial charge in [0.1, 0.15) is 12.3 Å². The molecule has 1 amide bonds. The SMILES string of the molecule is COCCOC(=O)c1c(C)[nH]c(C(=O)Nc2cccc3ccccc23)c1C. The largest absolute Gasteiger partial charge is 0.460 e. The van der Waals surface area contributed by atoms with Gasteiger partial charge >= 0.3 is 5.97 Å². The van der Waals surface area contributed by atoms with Gasteiger partial charge in [0.2, 0.25) is 0 Å². The third-order valence-electron chi connectivity index (χ3n) is 4.43. The van der Waals surface area contributed by atoms with Gasteiger partial charge in [0.25, 0.3) is 5.91 Å². The van der Waals surface area contributed by atoms with Crippen LogP contribution >= 0.6 is 0 Å². The maximum Gasteiger partial charge on any atom is 0.340 e. The molecular formula is C21H22N2O4. The average Bonchev–Trinajstić information content (AvgIpc) is 2.96. The number of amides is 1. The second-order valence-electron chi connectivity index (χ2n) is 6.23. The summed E-state index contributed by atoms with van der Waals surface area (Å²) in [7, 11) is 1.54. The lowest BCUT2D eigenvalue weighted by Gasteiger charge is -2.09. The van der Waals surface area contributed by atoms with Crippen molar-refractivity contribution in [3.8, 4) is 0 Å². The van der Waals surface area contributed by atoms with Crippen molar-refractivity contribution in [2.45, 2.75) is 13.8 Å². The molecule has 140 valence electrons. The molecule has 0 unspecified atom stereocenters. The number of benzene rings is 2. The Kier molecular flexibility index (Phi) is 5.57. The maximum atomic E-state index is 12.8. The van der Waals surface area contributed by atoms with Crippen LogP contribution in [0.1, 0.15) is 32.1 Å². The highest BCUT2D eigenvalue weighted by Gasteiger charge is 2.23. The summed E-state index contributed by atoms with van der Waals surface area (Å²) in [6.45, 7) is 3.96. The molecule has 0 aliphatic heterocycles.